The molecule has 0 radical (unpaired) electrons. The monoisotopic (exact) mass is 410 g/mol. The van der Waals surface area contributed by atoms with Crippen LogP contribution in [-0.2, 0) is 9.53 Å². The number of likely N-dealkylation sites (N-methyl/N-ethyl adjacent to an activating group) is 1. The molecule has 0 spiro atoms. The van der Waals surface area contributed by atoms with Crippen molar-refractivity contribution in [1.29, 1.82) is 0 Å². The zero-order valence-corrected chi connectivity index (χ0v) is 16.8. The number of amides is 1. The summed E-state index contributed by atoms with van der Waals surface area (Å²) in [5.74, 6) is -0.393. The van der Waals surface area contributed by atoms with Gasteiger partial charge in [0.1, 0.15) is 12.6 Å². The SMILES string of the molecule is CN(C(=O)OCC1c2ccccc2-c2ccccc21)[C@@H](CC1=CSCN1)C(=O)O. The lowest BCUT2D eigenvalue weighted by Gasteiger charge is -2.25. The number of hydrogen-bond donors (Lipinski definition) is 2. The van der Waals surface area contributed by atoms with Crippen LogP contribution < -0.4 is 5.32 Å². The second-order valence-electron chi connectivity index (χ2n) is 7.10. The lowest BCUT2D eigenvalue weighted by atomic mass is 9.98. The average molecular weight is 410 g/mol. The van der Waals surface area contributed by atoms with Crippen LogP contribution in [0.3, 0.4) is 0 Å². The van der Waals surface area contributed by atoms with Crippen LogP contribution in [0.5, 0.6) is 0 Å². The van der Waals surface area contributed by atoms with Gasteiger partial charge in [0.25, 0.3) is 0 Å². The minimum Gasteiger partial charge on any atom is -0.480 e. The van der Waals surface area contributed by atoms with Gasteiger partial charge in [0.2, 0.25) is 0 Å². The number of thioether (sulfide) groups is 1. The standard InChI is InChI=1S/C22H22N2O4S/c1-24(20(21(25)26)10-14-12-29-13-23-14)22(27)28-11-19-17-8-4-2-6-15(17)16-7-3-5-9-18(16)19/h2-9,12,19-20,23H,10-11,13H2,1H3,(H,25,26)/t20-/m0/s1. The Morgan fingerprint density at radius 3 is 2.34 bits per heavy atom. The molecule has 0 saturated carbocycles. The molecule has 2 N–H and O–H groups in total. The molecule has 150 valence electrons. The highest BCUT2D eigenvalue weighted by Crippen LogP contribution is 2.44. The van der Waals surface area contributed by atoms with Gasteiger partial charge in [0, 0.05) is 25.1 Å². The number of benzene rings is 2. The van der Waals surface area contributed by atoms with E-state index in [-0.39, 0.29) is 18.9 Å². The summed E-state index contributed by atoms with van der Waals surface area (Å²) in [6, 6.07) is 15.2. The predicted octanol–water partition coefficient (Wildman–Crippen LogP) is 3.85. The first-order chi connectivity index (χ1) is 14.1. The van der Waals surface area contributed by atoms with Crippen molar-refractivity contribution >= 4 is 23.8 Å². The van der Waals surface area contributed by atoms with E-state index in [0.29, 0.717) is 0 Å². The average Bonchev–Trinajstić information content (AvgIpc) is 3.36. The first kappa shape index (κ1) is 19.4. The second kappa shape index (κ2) is 8.21. The van der Waals surface area contributed by atoms with Crippen molar-refractivity contribution < 1.29 is 19.4 Å². The Kier molecular flexibility index (Phi) is 5.49. The Balaban J connectivity index is 1.47. The van der Waals surface area contributed by atoms with Gasteiger partial charge < -0.3 is 15.2 Å². The Hall–Kier alpha value is -2.93. The third-order valence-electron chi connectivity index (χ3n) is 5.40. The predicted molar refractivity (Wildman–Crippen MR) is 113 cm³/mol. The van der Waals surface area contributed by atoms with E-state index in [1.165, 1.54) is 11.9 Å². The molecule has 6 nitrogen and oxygen atoms in total. The lowest BCUT2D eigenvalue weighted by molar-refractivity contribution is -0.142. The molecule has 1 heterocycles. The van der Waals surface area contributed by atoms with Crippen LogP contribution in [0, 0.1) is 0 Å². The van der Waals surface area contributed by atoms with Crippen molar-refractivity contribution in [2.45, 2.75) is 18.4 Å². The summed E-state index contributed by atoms with van der Waals surface area (Å²) in [6.45, 7) is 0.167. The molecule has 1 aliphatic carbocycles. The molecule has 0 fully saturated rings. The normalized spacial score (nSPS) is 15.7. The molecular weight excluding hydrogens is 388 g/mol. The van der Waals surface area contributed by atoms with Crippen molar-refractivity contribution in [1.82, 2.24) is 10.2 Å². The molecule has 1 amide bonds. The summed E-state index contributed by atoms with van der Waals surface area (Å²) < 4.78 is 5.58. The minimum atomic E-state index is -1.05. The highest BCUT2D eigenvalue weighted by Gasteiger charge is 2.32. The van der Waals surface area contributed by atoms with Crippen molar-refractivity contribution in [3.63, 3.8) is 0 Å². The van der Waals surface area contributed by atoms with E-state index < -0.39 is 18.1 Å². The third-order valence-corrected chi connectivity index (χ3v) is 6.16. The minimum absolute atomic E-state index is 0.0568. The molecule has 0 aromatic heterocycles. The fourth-order valence-electron chi connectivity index (χ4n) is 3.86. The highest BCUT2D eigenvalue weighted by atomic mass is 32.2. The maximum atomic E-state index is 12.6. The summed E-state index contributed by atoms with van der Waals surface area (Å²) >= 11 is 1.57. The van der Waals surface area contributed by atoms with Crippen LogP contribution in [-0.4, -0.2) is 47.6 Å². The van der Waals surface area contributed by atoms with Crippen molar-refractivity contribution in [3.05, 3.63) is 70.8 Å². The third kappa shape index (κ3) is 3.82. The number of carboxylic acids is 1. The molecular formula is C22H22N2O4S. The van der Waals surface area contributed by atoms with Gasteiger partial charge in [-0.05, 0) is 27.7 Å². The van der Waals surface area contributed by atoms with Crippen LogP contribution in [0.25, 0.3) is 11.1 Å². The quantitative estimate of drug-likeness (QED) is 0.753. The molecule has 0 bridgehead atoms. The number of carbonyl (C=O) groups excluding carboxylic acids is 1. The molecule has 0 saturated heterocycles. The van der Waals surface area contributed by atoms with Gasteiger partial charge in [-0.3, -0.25) is 4.90 Å². The summed E-state index contributed by atoms with van der Waals surface area (Å²) in [6.07, 6.45) is -0.409. The molecule has 29 heavy (non-hydrogen) atoms. The van der Waals surface area contributed by atoms with Crippen LogP contribution in [0.4, 0.5) is 4.79 Å². The van der Waals surface area contributed by atoms with Crippen molar-refractivity contribution in [2.24, 2.45) is 0 Å². The highest BCUT2D eigenvalue weighted by molar-refractivity contribution is 8.02. The number of ether oxygens (including phenoxy) is 1. The van der Waals surface area contributed by atoms with Gasteiger partial charge >= 0.3 is 12.1 Å². The molecule has 4 rings (SSSR count). The molecule has 0 unspecified atom stereocenters. The Morgan fingerprint density at radius 2 is 1.79 bits per heavy atom. The number of carbonyl (C=O) groups is 2. The molecule has 2 aromatic rings. The summed E-state index contributed by atoms with van der Waals surface area (Å²) in [5, 5.41) is 14.6. The summed E-state index contributed by atoms with van der Waals surface area (Å²) in [7, 11) is 1.47. The van der Waals surface area contributed by atoms with E-state index in [1.54, 1.807) is 11.8 Å². The largest absolute Gasteiger partial charge is 0.480 e. The fourth-order valence-corrected chi connectivity index (χ4v) is 4.59. The zero-order chi connectivity index (χ0) is 20.4. The maximum Gasteiger partial charge on any atom is 0.410 e. The number of carboxylic acid groups (broad SMARTS) is 1. The van der Waals surface area contributed by atoms with E-state index in [9.17, 15) is 14.7 Å². The number of rotatable bonds is 6. The Morgan fingerprint density at radius 1 is 1.17 bits per heavy atom. The van der Waals surface area contributed by atoms with Gasteiger partial charge in [0.05, 0.1) is 5.88 Å². The second-order valence-corrected chi connectivity index (χ2v) is 7.96. The van der Waals surface area contributed by atoms with Crippen LogP contribution in [0.1, 0.15) is 23.5 Å². The Labute approximate surface area is 173 Å². The molecule has 2 aliphatic rings. The van der Waals surface area contributed by atoms with Gasteiger partial charge in [-0.2, -0.15) is 0 Å². The Bertz CT molecular complexity index is 929. The van der Waals surface area contributed by atoms with Gasteiger partial charge in [-0.25, -0.2) is 9.59 Å². The van der Waals surface area contributed by atoms with E-state index in [1.807, 2.05) is 41.8 Å². The van der Waals surface area contributed by atoms with Gasteiger partial charge in [-0.15, -0.1) is 11.8 Å². The fraction of sp³-hybridized carbons (Fsp3) is 0.273. The van der Waals surface area contributed by atoms with E-state index in [2.05, 4.69) is 17.4 Å². The number of hydrogen-bond acceptors (Lipinski definition) is 5. The topological polar surface area (TPSA) is 78.9 Å². The van der Waals surface area contributed by atoms with Crippen LogP contribution in [0.15, 0.2) is 59.6 Å². The summed E-state index contributed by atoms with van der Waals surface area (Å²) in [5.41, 5.74) is 5.36. The molecule has 7 heteroatoms. The smallest absolute Gasteiger partial charge is 0.410 e. The van der Waals surface area contributed by atoms with Crippen LogP contribution >= 0.6 is 11.8 Å². The van der Waals surface area contributed by atoms with E-state index in [0.717, 1.165) is 33.8 Å². The van der Waals surface area contributed by atoms with Gasteiger partial charge in [-0.1, -0.05) is 48.5 Å². The molecule has 1 aliphatic heterocycles. The number of fused-ring (bicyclic) bond motifs is 3. The van der Waals surface area contributed by atoms with Crippen molar-refractivity contribution in [2.75, 3.05) is 19.5 Å². The van der Waals surface area contributed by atoms with Crippen LogP contribution in [0.2, 0.25) is 0 Å². The summed E-state index contributed by atoms with van der Waals surface area (Å²) in [4.78, 5) is 25.5. The van der Waals surface area contributed by atoms with Crippen molar-refractivity contribution in [3.8, 4) is 11.1 Å². The number of nitrogens with zero attached hydrogens (tertiary/aromatic N) is 1. The van der Waals surface area contributed by atoms with E-state index >= 15 is 0 Å². The number of aliphatic carboxylic acids is 1. The van der Waals surface area contributed by atoms with E-state index in [4.69, 9.17) is 4.74 Å². The molecule has 2 aromatic carbocycles. The van der Waals surface area contributed by atoms with Gasteiger partial charge in [0.15, 0.2) is 0 Å². The number of nitrogens with one attached hydrogen (secondary N) is 1. The first-order valence-electron chi connectivity index (χ1n) is 9.41. The zero-order valence-electron chi connectivity index (χ0n) is 16.0. The maximum absolute atomic E-state index is 12.6. The lowest BCUT2D eigenvalue weighted by Crippen LogP contribution is -2.43. The first-order valence-corrected chi connectivity index (χ1v) is 10.5. The molecule has 1 atom stereocenters.